The predicted octanol–water partition coefficient (Wildman–Crippen LogP) is 2.43. The summed E-state index contributed by atoms with van der Waals surface area (Å²) in [5.41, 5.74) is 9.42. The average molecular weight is 348 g/mol. The molecule has 0 atom stereocenters. The molecule has 0 bridgehead atoms. The van der Waals surface area contributed by atoms with Crippen LogP contribution in [0.25, 0.3) is 11.0 Å². The van der Waals surface area contributed by atoms with Gasteiger partial charge in [-0.1, -0.05) is 30.3 Å². The fourth-order valence-electron chi connectivity index (χ4n) is 3.46. The number of aromatic nitrogens is 3. The molecule has 0 spiro atoms. The van der Waals surface area contributed by atoms with Crippen molar-refractivity contribution in [1.82, 2.24) is 19.9 Å². The number of hydrogen-bond donors (Lipinski definition) is 2. The van der Waals surface area contributed by atoms with Gasteiger partial charge in [-0.2, -0.15) is 0 Å². The van der Waals surface area contributed by atoms with Crippen LogP contribution < -0.4 is 11.1 Å². The summed E-state index contributed by atoms with van der Waals surface area (Å²) in [4.78, 5) is 15.5. The minimum Gasteiger partial charge on any atom is -0.366 e. The van der Waals surface area contributed by atoms with Crippen molar-refractivity contribution >= 4 is 16.9 Å². The van der Waals surface area contributed by atoms with E-state index in [-0.39, 0.29) is 5.54 Å². The molecule has 1 aliphatic rings. The van der Waals surface area contributed by atoms with E-state index < -0.39 is 0 Å². The van der Waals surface area contributed by atoms with Crippen molar-refractivity contribution < 1.29 is 0 Å². The van der Waals surface area contributed by atoms with Gasteiger partial charge in [-0.25, -0.2) is 9.97 Å². The van der Waals surface area contributed by atoms with Crippen LogP contribution in [0.3, 0.4) is 0 Å². The summed E-state index contributed by atoms with van der Waals surface area (Å²) in [6, 6.07) is 14.4. The van der Waals surface area contributed by atoms with Crippen molar-refractivity contribution in [2.24, 2.45) is 5.73 Å². The Morgan fingerprint density at radius 3 is 2.62 bits per heavy atom. The summed E-state index contributed by atoms with van der Waals surface area (Å²) >= 11 is 0. The first-order chi connectivity index (χ1) is 12.7. The number of piperidine rings is 1. The van der Waals surface area contributed by atoms with Crippen LogP contribution in [-0.4, -0.2) is 45.0 Å². The molecule has 0 radical (unpaired) electrons. The van der Waals surface area contributed by atoms with Crippen molar-refractivity contribution in [3.05, 3.63) is 60.6 Å². The maximum absolute atomic E-state index is 6.65. The van der Waals surface area contributed by atoms with Gasteiger partial charge in [0.15, 0.2) is 5.82 Å². The van der Waals surface area contributed by atoms with Gasteiger partial charge in [-0.3, -0.25) is 9.88 Å². The van der Waals surface area contributed by atoms with Crippen LogP contribution in [0.2, 0.25) is 0 Å². The third kappa shape index (κ3) is 3.81. The number of anilines is 1. The molecule has 0 aliphatic carbocycles. The lowest BCUT2D eigenvalue weighted by Crippen LogP contribution is -2.54. The second kappa shape index (κ2) is 7.35. The molecule has 0 unspecified atom stereocenters. The van der Waals surface area contributed by atoms with E-state index in [1.165, 1.54) is 5.56 Å². The second-order valence-corrected chi connectivity index (χ2v) is 7.07. The van der Waals surface area contributed by atoms with Crippen molar-refractivity contribution in [3.8, 4) is 0 Å². The Morgan fingerprint density at radius 2 is 1.81 bits per heavy atom. The van der Waals surface area contributed by atoms with E-state index in [1.54, 1.807) is 12.5 Å². The third-order valence-corrected chi connectivity index (χ3v) is 5.10. The summed E-state index contributed by atoms with van der Waals surface area (Å²) in [6.45, 7) is 3.70. The SMILES string of the molecule is NC1(CNc2ncnc3cccnc23)CCN(Cc2ccccc2)CC1. The summed E-state index contributed by atoms with van der Waals surface area (Å²) < 4.78 is 0. The van der Waals surface area contributed by atoms with E-state index in [0.717, 1.165) is 49.3 Å². The molecule has 6 heteroatoms. The molecule has 134 valence electrons. The highest BCUT2D eigenvalue weighted by molar-refractivity contribution is 5.84. The Labute approximate surface area is 153 Å². The normalized spacial score (nSPS) is 17.3. The van der Waals surface area contributed by atoms with Crippen LogP contribution in [0.4, 0.5) is 5.82 Å². The highest BCUT2D eigenvalue weighted by Gasteiger charge is 2.30. The number of nitrogens with zero attached hydrogens (tertiary/aromatic N) is 4. The first-order valence-corrected chi connectivity index (χ1v) is 9.07. The fraction of sp³-hybridized carbons (Fsp3) is 0.350. The number of fused-ring (bicyclic) bond motifs is 1. The van der Waals surface area contributed by atoms with E-state index in [1.807, 2.05) is 12.1 Å². The number of rotatable bonds is 5. The van der Waals surface area contributed by atoms with Gasteiger partial charge in [0.1, 0.15) is 11.8 Å². The minimum atomic E-state index is -0.223. The molecule has 0 saturated carbocycles. The van der Waals surface area contributed by atoms with Gasteiger partial charge in [0.05, 0.1) is 5.52 Å². The number of nitrogens with two attached hydrogens (primary N) is 1. The van der Waals surface area contributed by atoms with E-state index in [9.17, 15) is 0 Å². The van der Waals surface area contributed by atoms with E-state index in [2.05, 4.69) is 55.5 Å². The molecule has 0 amide bonds. The molecular formula is C20H24N6. The molecule has 3 aromatic rings. The van der Waals surface area contributed by atoms with Gasteiger partial charge < -0.3 is 11.1 Å². The van der Waals surface area contributed by atoms with Gasteiger partial charge in [-0.05, 0) is 30.5 Å². The van der Waals surface area contributed by atoms with E-state index in [0.29, 0.717) is 6.54 Å². The number of benzene rings is 1. The topological polar surface area (TPSA) is 80.0 Å². The molecular weight excluding hydrogens is 324 g/mol. The summed E-state index contributed by atoms with van der Waals surface area (Å²) in [6.07, 6.45) is 5.25. The molecule has 1 aliphatic heterocycles. The van der Waals surface area contributed by atoms with Gasteiger partial charge in [0.25, 0.3) is 0 Å². The number of pyridine rings is 1. The zero-order valence-corrected chi connectivity index (χ0v) is 14.8. The zero-order chi connectivity index (χ0) is 17.8. The largest absolute Gasteiger partial charge is 0.366 e. The van der Waals surface area contributed by atoms with Crippen molar-refractivity contribution in [2.45, 2.75) is 24.9 Å². The monoisotopic (exact) mass is 348 g/mol. The lowest BCUT2D eigenvalue weighted by molar-refractivity contribution is 0.161. The van der Waals surface area contributed by atoms with Crippen molar-refractivity contribution in [2.75, 3.05) is 25.0 Å². The first-order valence-electron chi connectivity index (χ1n) is 9.07. The van der Waals surface area contributed by atoms with E-state index in [4.69, 9.17) is 5.73 Å². The van der Waals surface area contributed by atoms with Crippen LogP contribution in [0, 0.1) is 0 Å². The van der Waals surface area contributed by atoms with E-state index >= 15 is 0 Å². The van der Waals surface area contributed by atoms with Gasteiger partial charge in [0.2, 0.25) is 0 Å². The van der Waals surface area contributed by atoms with Crippen LogP contribution in [-0.2, 0) is 6.54 Å². The predicted molar refractivity (Wildman–Crippen MR) is 104 cm³/mol. The highest BCUT2D eigenvalue weighted by Crippen LogP contribution is 2.23. The summed E-state index contributed by atoms with van der Waals surface area (Å²) in [5.74, 6) is 0.757. The Bertz CT molecular complexity index is 853. The molecule has 1 aromatic carbocycles. The Balaban J connectivity index is 1.35. The quantitative estimate of drug-likeness (QED) is 0.737. The second-order valence-electron chi connectivity index (χ2n) is 7.07. The summed E-state index contributed by atoms with van der Waals surface area (Å²) in [5, 5.41) is 3.41. The van der Waals surface area contributed by atoms with Crippen LogP contribution >= 0.6 is 0 Å². The van der Waals surface area contributed by atoms with Crippen LogP contribution in [0.15, 0.2) is 55.0 Å². The standard InChI is InChI=1S/C20H24N6/c21-20(8-11-26(12-9-20)13-16-5-2-1-3-6-16)14-23-19-18-17(24-15-25-19)7-4-10-22-18/h1-7,10,15H,8-9,11-14,21H2,(H,23,24,25). The molecule has 1 fully saturated rings. The molecule has 3 heterocycles. The van der Waals surface area contributed by atoms with Gasteiger partial charge in [0, 0.05) is 37.9 Å². The Kier molecular flexibility index (Phi) is 4.77. The maximum Gasteiger partial charge on any atom is 0.156 e. The third-order valence-electron chi connectivity index (χ3n) is 5.10. The molecule has 1 saturated heterocycles. The van der Waals surface area contributed by atoms with Crippen molar-refractivity contribution in [3.63, 3.8) is 0 Å². The minimum absolute atomic E-state index is 0.223. The number of nitrogens with one attached hydrogen (secondary N) is 1. The van der Waals surface area contributed by atoms with Gasteiger partial charge >= 0.3 is 0 Å². The Hall–Kier alpha value is -2.57. The lowest BCUT2D eigenvalue weighted by Gasteiger charge is -2.39. The van der Waals surface area contributed by atoms with Gasteiger partial charge in [-0.15, -0.1) is 0 Å². The molecule has 26 heavy (non-hydrogen) atoms. The maximum atomic E-state index is 6.65. The Morgan fingerprint density at radius 1 is 1.00 bits per heavy atom. The lowest BCUT2D eigenvalue weighted by atomic mass is 9.88. The van der Waals surface area contributed by atoms with Crippen LogP contribution in [0.1, 0.15) is 18.4 Å². The fourth-order valence-corrected chi connectivity index (χ4v) is 3.46. The summed E-state index contributed by atoms with van der Waals surface area (Å²) in [7, 11) is 0. The average Bonchev–Trinajstić information content (AvgIpc) is 2.69. The molecule has 4 rings (SSSR count). The highest BCUT2D eigenvalue weighted by atomic mass is 15.1. The molecule has 2 aromatic heterocycles. The van der Waals surface area contributed by atoms with Crippen molar-refractivity contribution in [1.29, 1.82) is 0 Å². The first kappa shape index (κ1) is 16.9. The molecule has 3 N–H and O–H groups in total. The van der Waals surface area contributed by atoms with Crippen LogP contribution in [0.5, 0.6) is 0 Å². The number of likely N-dealkylation sites (tertiary alicyclic amines) is 1. The smallest absolute Gasteiger partial charge is 0.156 e. The number of hydrogen-bond acceptors (Lipinski definition) is 6. The molecule has 6 nitrogen and oxygen atoms in total. The zero-order valence-electron chi connectivity index (χ0n) is 14.8.